The number of carbonyl (C=O) groups excluding carboxylic acids is 1. The van der Waals surface area contributed by atoms with Crippen molar-refractivity contribution in [2.75, 3.05) is 0 Å². The smallest absolute Gasteiger partial charge is 0.265 e. The van der Waals surface area contributed by atoms with Crippen molar-refractivity contribution in [2.24, 2.45) is 5.84 Å². The summed E-state index contributed by atoms with van der Waals surface area (Å²) in [4.78, 5) is 11.5. The summed E-state index contributed by atoms with van der Waals surface area (Å²) in [6, 6.07) is 7.36. The normalized spacial score (nSPS) is 15.6. The fourth-order valence-electron chi connectivity index (χ4n) is 1.69. The van der Waals surface area contributed by atoms with Gasteiger partial charge in [0.15, 0.2) is 0 Å². The first-order chi connectivity index (χ1) is 7.81. The van der Waals surface area contributed by atoms with Crippen molar-refractivity contribution in [2.45, 2.75) is 32.0 Å². The summed E-state index contributed by atoms with van der Waals surface area (Å²) in [7, 11) is 0. The van der Waals surface area contributed by atoms with E-state index in [1.54, 1.807) is 6.07 Å². The molecule has 3 N–H and O–H groups in total. The molecule has 1 aliphatic rings. The van der Waals surface area contributed by atoms with E-state index >= 15 is 0 Å². The second kappa shape index (κ2) is 5.09. The van der Waals surface area contributed by atoms with Crippen LogP contribution in [0.1, 0.15) is 35.2 Å². The largest absolute Gasteiger partial charge is 0.374 e. The van der Waals surface area contributed by atoms with Crippen molar-refractivity contribution in [3.63, 3.8) is 0 Å². The quantitative estimate of drug-likeness (QED) is 0.457. The lowest BCUT2D eigenvalue weighted by Crippen LogP contribution is -2.31. The molecule has 0 unspecified atom stereocenters. The van der Waals surface area contributed by atoms with Crippen molar-refractivity contribution in [3.8, 4) is 0 Å². The predicted octanol–water partition coefficient (Wildman–Crippen LogP) is 1.36. The van der Waals surface area contributed by atoms with Crippen LogP contribution in [0.5, 0.6) is 0 Å². The highest BCUT2D eigenvalue weighted by molar-refractivity contribution is 5.95. The van der Waals surface area contributed by atoms with Crippen molar-refractivity contribution in [3.05, 3.63) is 35.4 Å². The SMILES string of the molecule is NNC(=O)c1ccccc1COC1CCC1. The Bertz CT molecular complexity index is 375. The van der Waals surface area contributed by atoms with Crippen molar-refractivity contribution in [1.29, 1.82) is 0 Å². The minimum absolute atomic E-state index is 0.271. The zero-order valence-electron chi connectivity index (χ0n) is 9.11. The summed E-state index contributed by atoms with van der Waals surface area (Å²) in [6.45, 7) is 0.480. The fourth-order valence-corrected chi connectivity index (χ4v) is 1.69. The number of nitrogens with two attached hydrogens (primary N) is 1. The van der Waals surface area contributed by atoms with E-state index in [9.17, 15) is 4.79 Å². The molecule has 0 heterocycles. The van der Waals surface area contributed by atoms with E-state index in [-0.39, 0.29) is 5.91 Å². The molecule has 2 rings (SSSR count). The third-order valence-electron chi connectivity index (χ3n) is 2.92. The Morgan fingerprint density at radius 3 is 2.81 bits per heavy atom. The van der Waals surface area contributed by atoms with E-state index in [0.717, 1.165) is 18.4 Å². The molecule has 0 aromatic heterocycles. The summed E-state index contributed by atoms with van der Waals surface area (Å²) >= 11 is 0. The van der Waals surface area contributed by atoms with Crippen LogP contribution in [0.25, 0.3) is 0 Å². The third kappa shape index (κ3) is 2.40. The number of nitrogen functional groups attached to an aromatic ring is 1. The first-order valence-corrected chi connectivity index (χ1v) is 5.51. The second-order valence-corrected chi connectivity index (χ2v) is 3.99. The summed E-state index contributed by atoms with van der Waals surface area (Å²) in [5.41, 5.74) is 3.62. The van der Waals surface area contributed by atoms with E-state index in [0.29, 0.717) is 18.3 Å². The number of benzene rings is 1. The fraction of sp³-hybridized carbons (Fsp3) is 0.417. The Morgan fingerprint density at radius 1 is 1.44 bits per heavy atom. The van der Waals surface area contributed by atoms with Gasteiger partial charge in [-0.3, -0.25) is 10.2 Å². The molecule has 1 aliphatic carbocycles. The van der Waals surface area contributed by atoms with Gasteiger partial charge in [-0.25, -0.2) is 5.84 Å². The molecule has 4 heteroatoms. The number of hydrogen-bond acceptors (Lipinski definition) is 3. The zero-order chi connectivity index (χ0) is 11.4. The summed E-state index contributed by atoms with van der Waals surface area (Å²) in [5, 5.41) is 0. The standard InChI is InChI=1S/C12H16N2O2/c13-14-12(15)11-7-2-1-4-9(11)8-16-10-5-3-6-10/h1-2,4,7,10H,3,5-6,8,13H2,(H,14,15). The van der Waals surface area contributed by atoms with Crippen molar-refractivity contribution in [1.82, 2.24) is 5.43 Å². The molecule has 86 valence electrons. The maximum Gasteiger partial charge on any atom is 0.265 e. The number of nitrogens with one attached hydrogen (secondary N) is 1. The van der Waals surface area contributed by atoms with E-state index in [4.69, 9.17) is 10.6 Å². The molecule has 4 nitrogen and oxygen atoms in total. The number of amides is 1. The molecule has 1 saturated carbocycles. The molecule has 1 amide bonds. The molecule has 0 radical (unpaired) electrons. The van der Waals surface area contributed by atoms with E-state index in [2.05, 4.69) is 5.43 Å². The molecule has 0 atom stereocenters. The van der Waals surface area contributed by atoms with Crippen LogP contribution in [0.2, 0.25) is 0 Å². The Kier molecular flexibility index (Phi) is 3.54. The van der Waals surface area contributed by atoms with Gasteiger partial charge in [0, 0.05) is 5.56 Å². The second-order valence-electron chi connectivity index (χ2n) is 3.99. The van der Waals surface area contributed by atoms with Crippen LogP contribution in [0.4, 0.5) is 0 Å². The van der Waals surface area contributed by atoms with Gasteiger partial charge < -0.3 is 4.74 Å². The zero-order valence-corrected chi connectivity index (χ0v) is 9.11. The highest BCUT2D eigenvalue weighted by atomic mass is 16.5. The monoisotopic (exact) mass is 220 g/mol. The van der Waals surface area contributed by atoms with Crippen LogP contribution >= 0.6 is 0 Å². The van der Waals surface area contributed by atoms with Crippen LogP contribution < -0.4 is 11.3 Å². The summed E-state index contributed by atoms with van der Waals surface area (Å²) in [5.74, 6) is 4.86. The Balaban J connectivity index is 2.03. The Morgan fingerprint density at radius 2 is 2.19 bits per heavy atom. The highest BCUT2D eigenvalue weighted by Crippen LogP contribution is 2.23. The van der Waals surface area contributed by atoms with Crippen molar-refractivity contribution >= 4 is 5.91 Å². The van der Waals surface area contributed by atoms with Crippen LogP contribution in [-0.4, -0.2) is 12.0 Å². The van der Waals surface area contributed by atoms with Crippen LogP contribution in [0.15, 0.2) is 24.3 Å². The van der Waals surface area contributed by atoms with Gasteiger partial charge in [0.05, 0.1) is 12.7 Å². The number of rotatable bonds is 4. The Labute approximate surface area is 94.8 Å². The van der Waals surface area contributed by atoms with Crippen LogP contribution in [0.3, 0.4) is 0 Å². The van der Waals surface area contributed by atoms with Crippen LogP contribution in [-0.2, 0) is 11.3 Å². The van der Waals surface area contributed by atoms with Crippen molar-refractivity contribution < 1.29 is 9.53 Å². The number of hydrogen-bond donors (Lipinski definition) is 2. The number of carbonyl (C=O) groups is 1. The maximum absolute atomic E-state index is 11.5. The molecule has 0 bridgehead atoms. The molecule has 0 saturated heterocycles. The Hall–Kier alpha value is -1.39. The topological polar surface area (TPSA) is 64.3 Å². The summed E-state index contributed by atoms with van der Waals surface area (Å²) in [6.07, 6.45) is 3.88. The molecule has 0 spiro atoms. The molecular formula is C12H16N2O2. The molecule has 1 aromatic carbocycles. The average Bonchev–Trinajstić information content (AvgIpc) is 2.26. The minimum atomic E-state index is -0.271. The molecule has 1 fully saturated rings. The van der Waals surface area contributed by atoms with E-state index < -0.39 is 0 Å². The van der Waals surface area contributed by atoms with Gasteiger partial charge in [0.1, 0.15) is 0 Å². The molecule has 0 aliphatic heterocycles. The van der Waals surface area contributed by atoms with Gasteiger partial charge in [-0.2, -0.15) is 0 Å². The van der Waals surface area contributed by atoms with Crippen LogP contribution in [0, 0.1) is 0 Å². The first kappa shape index (κ1) is 11.1. The van der Waals surface area contributed by atoms with Gasteiger partial charge in [-0.15, -0.1) is 0 Å². The minimum Gasteiger partial charge on any atom is -0.374 e. The molecule has 16 heavy (non-hydrogen) atoms. The van der Waals surface area contributed by atoms with Gasteiger partial charge in [0.25, 0.3) is 5.91 Å². The van der Waals surface area contributed by atoms with Gasteiger partial charge in [-0.05, 0) is 30.9 Å². The third-order valence-corrected chi connectivity index (χ3v) is 2.92. The number of ether oxygens (including phenoxy) is 1. The lowest BCUT2D eigenvalue weighted by Gasteiger charge is -2.25. The highest BCUT2D eigenvalue weighted by Gasteiger charge is 2.18. The van der Waals surface area contributed by atoms with E-state index in [1.165, 1.54) is 6.42 Å². The predicted molar refractivity (Wildman–Crippen MR) is 60.5 cm³/mol. The van der Waals surface area contributed by atoms with Gasteiger partial charge >= 0.3 is 0 Å². The lowest BCUT2D eigenvalue weighted by molar-refractivity contribution is -0.00891. The van der Waals surface area contributed by atoms with Gasteiger partial charge in [-0.1, -0.05) is 18.2 Å². The average molecular weight is 220 g/mol. The number of hydrazine groups is 1. The first-order valence-electron chi connectivity index (χ1n) is 5.51. The lowest BCUT2D eigenvalue weighted by atomic mass is 9.96. The molecule has 1 aromatic rings. The van der Waals surface area contributed by atoms with Gasteiger partial charge in [0.2, 0.25) is 0 Å². The maximum atomic E-state index is 11.5. The molecular weight excluding hydrogens is 204 g/mol. The summed E-state index contributed by atoms with van der Waals surface area (Å²) < 4.78 is 5.68. The van der Waals surface area contributed by atoms with E-state index in [1.807, 2.05) is 18.2 Å².